The van der Waals surface area contributed by atoms with Gasteiger partial charge in [-0.3, -0.25) is 14.2 Å². The maximum Gasteiger partial charge on any atom is 0.410 e. The maximum atomic E-state index is 13.4. The second-order valence-corrected chi connectivity index (χ2v) is 11.4. The number of likely N-dealkylation sites (tertiary alicyclic amines) is 1. The van der Waals surface area contributed by atoms with Crippen molar-refractivity contribution in [2.45, 2.75) is 32.4 Å². The molecule has 1 aliphatic heterocycles. The van der Waals surface area contributed by atoms with Crippen molar-refractivity contribution in [3.63, 3.8) is 0 Å². The number of hydrogen-bond acceptors (Lipinski definition) is 6. The van der Waals surface area contributed by atoms with Crippen LogP contribution in [0.5, 0.6) is 0 Å². The minimum atomic E-state index is -3.95. The molecule has 1 aliphatic rings. The van der Waals surface area contributed by atoms with Crippen molar-refractivity contribution in [1.82, 2.24) is 19.4 Å². The van der Waals surface area contributed by atoms with Crippen molar-refractivity contribution in [3.05, 3.63) is 52.9 Å². The van der Waals surface area contributed by atoms with Crippen LogP contribution in [-0.4, -0.2) is 59.8 Å². The summed E-state index contributed by atoms with van der Waals surface area (Å²) in [6.07, 6.45) is -0.501. The Morgan fingerprint density at radius 1 is 1.14 bits per heavy atom. The molecule has 2 amide bonds. The molecule has 1 aromatic heterocycles. The molecule has 1 saturated heterocycles. The summed E-state index contributed by atoms with van der Waals surface area (Å²) in [6.45, 7) is 5.64. The van der Waals surface area contributed by atoms with E-state index >= 15 is 0 Å². The highest BCUT2D eigenvalue weighted by atomic mass is 35.5. The van der Waals surface area contributed by atoms with Gasteiger partial charge in [0, 0.05) is 31.2 Å². The van der Waals surface area contributed by atoms with Crippen molar-refractivity contribution in [3.8, 4) is 0 Å². The van der Waals surface area contributed by atoms with Crippen LogP contribution in [-0.2, 0) is 22.0 Å². The molecule has 0 atom stereocenters. The predicted octanol–water partition coefficient (Wildman–Crippen LogP) is 3.48. The number of amides is 2. The van der Waals surface area contributed by atoms with Crippen LogP contribution in [0.25, 0.3) is 10.9 Å². The molecular formula is C23H26ClFN6O5S. The number of carbonyl (C=O) groups excluding carboxylic acids is 2. The summed E-state index contributed by atoms with van der Waals surface area (Å²) in [6, 6.07) is 7.93. The number of anilines is 2. The normalized spacial score (nSPS) is 14.4. The van der Waals surface area contributed by atoms with Gasteiger partial charge in [0.1, 0.15) is 17.1 Å². The highest BCUT2D eigenvalue weighted by Crippen LogP contribution is 2.25. The van der Waals surface area contributed by atoms with Gasteiger partial charge >= 0.3 is 6.09 Å². The van der Waals surface area contributed by atoms with Crippen LogP contribution in [0.4, 0.5) is 20.6 Å². The number of fused-ring (bicyclic) bond motifs is 1. The molecule has 0 bridgehead atoms. The van der Waals surface area contributed by atoms with Gasteiger partial charge in [0.2, 0.25) is 0 Å². The number of hydrogen-bond donors (Lipinski definition) is 3. The summed E-state index contributed by atoms with van der Waals surface area (Å²) >= 11 is 5.78. The van der Waals surface area contributed by atoms with E-state index in [1.807, 2.05) is 0 Å². The van der Waals surface area contributed by atoms with Crippen LogP contribution < -0.4 is 14.8 Å². The van der Waals surface area contributed by atoms with Crippen molar-refractivity contribution in [2.75, 3.05) is 23.1 Å². The number of aryl methyl sites for hydroxylation is 1. The molecule has 0 aliphatic carbocycles. The minimum absolute atomic E-state index is 0.127. The highest BCUT2D eigenvalue weighted by molar-refractivity contribution is 7.90. The van der Waals surface area contributed by atoms with Crippen molar-refractivity contribution >= 4 is 56.1 Å². The molecule has 11 nitrogen and oxygen atoms in total. The lowest BCUT2D eigenvalue weighted by atomic mass is 10.1. The summed E-state index contributed by atoms with van der Waals surface area (Å²) in [5.74, 6) is -1.10. The molecule has 37 heavy (non-hydrogen) atoms. The Balaban J connectivity index is 1.41. The van der Waals surface area contributed by atoms with E-state index in [9.17, 15) is 22.4 Å². The number of aromatic nitrogens is 2. The molecule has 3 N–H and O–H groups in total. The predicted molar refractivity (Wildman–Crippen MR) is 137 cm³/mol. The fraction of sp³-hybridized carbons (Fsp3) is 0.348. The van der Waals surface area contributed by atoms with Crippen LogP contribution in [0.1, 0.15) is 31.3 Å². The molecule has 0 spiro atoms. The lowest BCUT2D eigenvalue weighted by molar-refractivity contribution is 0.00738. The zero-order valence-corrected chi connectivity index (χ0v) is 22.1. The molecule has 14 heteroatoms. The quantitative estimate of drug-likeness (QED) is 0.428. The van der Waals surface area contributed by atoms with E-state index in [1.165, 1.54) is 33.8 Å². The number of ether oxygens (including phenoxy) is 1. The molecule has 1 fully saturated rings. The number of halogens is 2. The molecule has 2 heterocycles. The smallest absolute Gasteiger partial charge is 0.410 e. The molecular weight excluding hydrogens is 527 g/mol. The minimum Gasteiger partial charge on any atom is -0.444 e. The second kappa shape index (κ2) is 9.80. The van der Waals surface area contributed by atoms with E-state index in [4.69, 9.17) is 16.3 Å². The van der Waals surface area contributed by atoms with Gasteiger partial charge in [-0.15, -0.1) is 0 Å². The third-order valence-electron chi connectivity index (χ3n) is 5.33. The maximum absolute atomic E-state index is 13.4. The van der Waals surface area contributed by atoms with E-state index in [0.29, 0.717) is 16.6 Å². The summed E-state index contributed by atoms with van der Waals surface area (Å²) in [5, 5.41) is 7.30. The first-order valence-corrected chi connectivity index (χ1v) is 13.1. The number of benzene rings is 2. The van der Waals surface area contributed by atoms with E-state index in [0.717, 1.165) is 6.07 Å². The van der Waals surface area contributed by atoms with Gasteiger partial charge in [0.25, 0.3) is 16.1 Å². The van der Waals surface area contributed by atoms with Crippen LogP contribution in [0.15, 0.2) is 36.4 Å². The molecule has 0 radical (unpaired) electrons. The van der Waals surface area contributed by atoms with E-state index in [1.54, 1.807) is 33.9 Å². The Morgan fingerprint density at radius 2 is 1.81 bits per heavy atom. The topological polar surface area (TPSA) is 135 Å². The number of nitrogens with one attached hydrogen (secondary N) is 3. The first kappa shape index (κ1) is 26.6. The van der Waals surface area contributed by atoms with E-state index in [2.05, 4.69) is 19.9 Å². The van der Waals surface area contributed by atoms with Crippen LogP contribution in [0, 0.1) is 5.82 Å². The monoisotopic (exact) mass is 552 g/mol. The lowest BCUT2D eigenvalue weighted by Gasteiger charge is -2.39. The molecule has 0 unspecified atom stereocenters. The number of carbonyl (C=O) groups is 2. The van der Waals surface area contributed by atoms with Crippen LogP contribution >= 0.6 is 11.6 Å². The number of nitrogens with zero attached hydrogens (tertiary/aromatic N) is 3. The average molecular weight is 553 g/mol. The van der Waals surface area contributed by atoms with E-state index in [-0.39, 0.29) is 29.5 Å². The fourth-order valence-electron chi connectivity index (χ4n) is 3.73. The molecule has 4 rings (SSSR count). The van der Waals surface area contributed by atoms with Gasteiger partial charge in [-0.05, 0) is 57.2 Å². The molecule has 198 valence electrons. The van der Waals surface area contributed by atoms with E-state index < -0.39 is 39.7 Å². The van der Waals surface area contributed by atoms with Crippen molar-refractivity contribution in [2.24, 2.45) is 7.05 Å². The average Bonchev–Trinajstić information content (AvgIpc) is 3.06. The Bertz CT molecular complexity index is 1480. The first-order valence-electron chi connectivity index (χ1n) is 11.2. The third-order valence-corrected chi connectivity index (χ3v) is 6.77. The SMILES string of the molecule is Cn1nc2cc(NS(=O)(=O)NC3CN(C(=O)OC(C)(C)C)C3)ccc2c1C(=O)Nc1ccc(F)c(Cl)c1. The van der Waals surface area contributed by atoms with Gasteiger partial charge in [0.05, 0.1) is 22.3 Å². The first-order chi connectivity index (χ1) is 17.2. The van der Waals surface area contributed by atoms with Gasteiger partial charge < -0.3 is 15.0 Å². The summed E-state index contributed by atoms with van der Waals surface area (Å²) < 4.78 is 50.1. The largest absolute Gasteiger partial charge is 0.444 e. The standard InChI is InChI=1S/C23H26ClFN6O5S/c1-23(2,3)36-22(33)31-11-15(12-31)29-37(34,35)28-14-5-7-16-19(10-14)27-30(4)20(16)21(32)26-13-6-8-18(25)17(24)9-13/h5-10,15,28-29H,11-12H2,1-4H3,(H,26,32). The zero-order valence-electron chi connectivity index (χ0n) is 20.5. The number of rotatable bonds is 6. The van der Waals surface area contributed by atoms with Crippen molar-refractivity contribution < 1.29 is 27.1 Å². The van der Waals surface area contributed by atoms with Crippen molar-refractivity contribution in [1.29, 1.82) is 0 Å². The Hall–Kier alpha value is -3.42. The lowest BCUT2D eigenvalue weighted by Crippen LogP contribution is -2.62. The molecule has 2 aromatic carbocycles. The Kier molecular flexibility index (Phi) is 7.06. The summed E-state index contributed by atoms with van der Waals surface area (Å²) in [5.41, 5.74) is 0.508. The summed E-state index contributed by atoms with van der Waals surface area (Å²) in [4.78, 5) is 26.3. The molecule has 3 aromatic rings. The molecule has 0 saturated carbocycles. The second-order valence-electron chi connectivity index (χ2n) is 9.59. The summed E-state index contributed by atoms with van der Waals surface area (Å²) in [7, 11) is -2.38. The van der Waals surface area contributed by atoms with Gasteiger partial charge in [-0.1, -0.05) is 11.6 Å². The Labute approximate surface area is 218 Å². The van der Waals surface area contributed by atoms with Crippen LogP contribution in [0.3, 0.4) is 0 Å². The van der Waals surface area contributed by atoms with Gasteiger partial charge in [-0.25, -0.2) is 9.18 Å². The fourth-order valence-corrected chi connectivity index (χ4v) is 4.99. The van der Waals surface area contributed by atoms with Gasteiger partial charge in [-0.2, -0.15) is 18.2 Å². The van der Waals surface area contributed by atoms with Gasteiger partial charge in [0.15, 0.2) is 0 Å². The Morgan fingerprint density at radius 3 is 2.46 bits per heavy atom. The van der Waals surface area contributed by atoms with Crippen LogP contribution in [0.2, 0.25) is 5.02 Å². The zero-order chi connectivity index (χ0) is 27.1. The third kappa shape index (κ3) is 6.29. The highest BCUT2D eigenvalue weighted by Gasteiger charge is 2.36.